The average Bonchev–Trinajstić information content (AvgIpc) is 2.25. The molecule has 0 radical (unpaired) electrons. The number of aliphatic carboxylic acids is 4. The first kappa shape index (κ1) is 14.9. The predicted molar refractivity (Wildman–Crippen MR) is 57.1 cm³/mol. The molecule has 1 aliphatic carbocycles. The molecule has 0 aromatic rings. The number of carbonyl (C=O) groups is 4. The maximum atomic E-state index is 11.0. The molecule has 1 rings (SSSR count). The van der Waals surface area contributed by atoms with Gasteiger partial charge in [-0.15, -0.1) is 0 Å². The summed E-state index contributed by atoms with van der Waals surface area (Å²) in [5, 5.41) is 35.8. The zero-order chi connectivity index (χ0) is 14.9. The first-order chi connectivity index (χ1) is 8.68. The van der Waals surface area contributed by atoms with Crippen LogP contribution in [0.4, 0.5) is 0 Å². The Labute approximate surface area is 106 Å². The van der Waals surface area contributed by atoms with Gasteiger partial charge in [-0.1, -0.05) is 0 Å². The van der Waals surface area contributed by atoms with Gasteiger partial charge >= 0.3 is 23.9 Å². The van der Waals surface area contributed by atoms with Crippen LogP contribution in [0.3, 0.4) is 0 Å². The molecule has 0 aromatic heterocycles. The minimum Gasteiger partial charge on any atom is -0.481 e. The van der Waals surface area contributed by atoms with Crippen molar-refractivity contribution in [3.05, 3.63) is 0 Å². The monoisotopic (exact) mass is 275 g/mol. The van der Waals surface area contributed by atoms with Crippen LogP contribution in [0.2, 0.25) is 0 Å². The van der Waals surface area contributed by atoms with Crippen molar-refractivity contribution in [2.45, 2.75) is 12.5 Å². The van der Waals surface area contributed by atoms with Crippen molar-refractivity contribution >= 4 is 23.9 Å². The van der Waals surface area contributed by atoms with Gasteiger partial charge in [0.15, 0.2) is 0 Å². The minimum absolute atomic E-state index is 0.577. The maximum Gasteiger partial charge on any atom is 0.308 e. The molecule has 0 amide bonds. The summed E-state index contributed by atoms with van der Waals surface area (Å²) in [5.74, 6) is -12.4. The standard InChI is InChI=1S/C10H13NO8/c11-6-4(9(16)17)2(7(12)13)1-3(8(14)15)5(6)10(18)19/h2-6H,1,11H2,(H,12,13)(H,14,15)(H,16,17)(H,18,19). The van der Waals surface area contributed by atoms with Gasteiger partial charge in [0.1, 0.15) is 0 Å². The van der Waals surface area contributed by atoms with Gasteiger partial charge in [0.05, 0.1) is 23.7 Å². The Morgan fingerprint density at radius 1 is 0.737 bits per heavy atom. The third kappa shape index (κ3) is 2.65. The average molecular weight is 275 g/mol. The van der Waals surface area contributed by atoms with E-state index in [0.29, 0.717) is 0 Å². The van der Waals surface area contributed by atoms with E-state index in [1.165, 1.54) is 0 Å². The van der Waals surface area contributed by atoms with E-state index < -0.39 is 60.0 Å². The highest BCUT2D eigenvalue weighted by molar-refractivity contribution is 5.87. The first-order valence-corrected chi connectivity index (χ1v) is 5.35. The fourth-order valence-electron chi connectivity index (χ4n) is 2.51. The summed E-state index contributed by atoms with van der Waals surface area (Å²) in [6.07, 6.45) is -0.577. The molecule has 9 nitrogen and oxygen atoms in total. The Kier molecular flexibility index (Phi) is 4.10. The summed E-state index contributed by atoms with van der Waals surface area (Å²) in [6, 6.07) is -1.58. The molecule has 0 heterocycles. The third-order valence-corrected chi connectivity index (χ3v) is 3.41. The van der Waals surface area contributed by atoms with E-state index in [-0.39, 0.29) is 0 Å². The van der Waals surface area contributed by atoms with Gasteiger partial charge in [-0.3, -0.25) is 19.2 Å². The SMILES string of the molecule is NC1C(C(=O)O)C(C(=O)O)CC(C(=O)O)C1C(=O)O. The summed E-state index contributed by atoms with van der Waals surface area (Å²) < 4.78 is 0. The van der Waals surface area contributed by atoms with E-state index in [1.54, 1.807) is 0 Å². The molecule has 4 atom stereocenters. The molecule has 0 aliphatic heterocycles. The molecule has 9 heteroatoms. The second-order valence-electron chi connectivity index (χ2n) is 4.43. The number of hydrogen-bond donors (Lipinski definition) is 5. The van der Waals surface area contributed by atoms with E-state index in [0.717, 1.165) is 0 Å². The highest BCUT2D eigenvalue weighted by Gasteiger charge is 2.54. The predicted octanol–water partition coefficient (Wildman–Crippen LogP) is -1.48. The zero-order valence-corrected chi connectivity index (χ0v) is 9.59. The number of carboxylic acid groups (broad SMARTS) is 4. The van der Waals surface area contributed by atoms with Crippen LogP contribution in [-0.2, 0) is 19.2 Å². The molecule has 106 valence electrons. The van der Waals surface area contributed by atoms with Crippen molar-refractivity contribution in [1.29, 1.82) is 0 Å². The molecule has 0 bridgehead atoms. The summed E-state index contributed by atoms with van der Waals surface area (Å²) in [7, 11) is 0. The number of nitrogens with two attached hydrogens (primary N) is 1. The Hall–Kier alpha value is -2.16. The molecule has 0 aromatic carbocycles. The van der Waals surface area contributed by atoms with Crippen molar-refractivity contribution in [3.8, 4) is 0 Å². The Bertz CT molecular complexity index is 395. The van der Waals surface area contributed by atoms with Crippen LogP contribution in [0.5, 0.6) is 0 Å². The summed E-state index contributed by atoms with van der Waals surface area (Å²) in [4.78, 5) is 44.1. The molecule has 1 aliphatic rings. The number of rotatable bonds is 4. The lowest BCUT2D eigenvalue weighted by atomic mass is 9.65. The topological polar surface area (TPSA) is 175 Å². The quantitative estimate of drug-likeness (QED) is 0.409. The smallest absolute Gasteiger partial charge is 0.308 e. The molecule has 6 N–H and O–H groups in total. The van der Waals surface area contributed by atoms with Gasteiger partial charge in [0.25, 0.3) is 0 Å². The molecule has 19 heavy (non-hydrogen) atoms. The highest BCUT2D eigenvalue weighted by Crippen LogP contribution is 2.38. The lowest BCUT2D eigenvalue weighted by molar-refractivity contribution is -0.169. The molecular weight excluding hydrogens is 262 g/mol. The third-order valence-electron chi connectivity index (χ3n) is 3.41. The molecule has 4 unspecified atom stereocenters. The van der Waals surface area contributed by atoms with Crippen molar-refractivity contribution < 1.29 is 39.6 Å². The Morgan fingerprint density at radius 2 is 1.05 bits per heavy atom. The first-order valence-electron chi connectivity index (χ1n) is 5.35. The molecule has 1 fully saturated rings. The van der Waals surface area contributed by atoms with Crippen LogP contribution in [0.25, 0.3) is 0 Å². The number of carboxylic acids is 4. The number of hydrogen-bond acceptors (Lipinski definition) is 5. The van der Waals surface area contributed by atoms with Gasteiger partial charge in [-0.2, -0.15) is 0 Å². The molecule has 0 spiro atoms. The van der Waals surface area contributed by atoms with E-state index in [1.807, 2.05) is 0 Å². The van der Waals surface area contributed by atoms with E-state index in [4.69, 9.17) is 26.2 Å². The summed E-state index contributed by atoms with van der Waals surface area (Å²) in [6.45, 7) is 0. The van der Waals surface area contributed by atoms with Gasteiger partial charge in [0, 0.05) is 6.04 Å². The fraction of sp³-hybridized carbons (Fsp3) is 0.600. The molecule has 0 saturated heterocycles. The minimum atomic E-state index is -1.63. The lowest BCUT2D eigenvalue weighted by Gasteiger charge is -2.38. The van der Waals surface area contributed by atoms with Crippen LogP contribution < -0.4 is 5.73 Å². The zero-order valence-electron chi connectivity index (χ0n) is 9.59. The molecular formula is C10H13NO8. The maximum absolute atomic E-state index is 11.0. The van der Waals surface area contributed by atoms with E-state index >= 15 is 0 Å². The normalized spacial score (nSPS) is 34.5. The van der Waals surface area contributed by atoms with Crippen molar-refractivity contribution in [3.63, 3.8) is 0 Å². The Balaban J connectivity index is 3.23. The second kappa shape index (κ2) is 5.22. The van der Waals surface area contributed by atoms with Gasteiger partial charge < -0.3 is 26.2 Å². The van der Waals surface area contributed by atoms with Gasteiger partial charge in [0.2, 0.25) is 0 Å². The van der Waals surface area contributed by atoms with Gasteiger partial charge in [-0.05, 0) is 6.42 Å². The van der Waals surface area contributed by atoms with Crippen LogP contribution in [-0.4, -0.2) is 50.3 Å². The van der Waals surface area contributed by atoms with Crippen LogP contribution in [0.1, 0.15) is 6.42 Å². The summed E-state index contributed by atoms with van der Waals surface area (Å²) >= 11 is 0. The fourth-order valence-corrected chi connectivity index (χ4v) is 2.51. The van der Waals surface area contributed by atoms with Crippen LogP contribution in [0.15, 0.2) is 0 Å². The van der Waals surface area contributed by atoms with Crippen molar-refractivity contribution in [2.75, 3.05) is 0 Å². The van der Waals surface area contributed by atoms with Crippen LogP contribution in [0, 0.1) is 23.7 Å². The van der Waals surface area contributed by atoms with Crippen LogP contribution >= 0.6 is 0 Å². The highest BCUT2D eigenvalue weighted by atomic mass is 16.4. The van der Waals surface area contributed by atoms with Gasteiger partial charge in [-0.25, -0.2) is 0 Å². The van der Waals surface area contributed by atoms with E-state index in [2.05, 4.69) is 0 Å². The lowest BCUT2D eigenvalue weighted by Crippen LogP contribution is -2.57. The van der Waals surface area contributed by atoms with E-state index in [9.17, 15) is 19.2 Å². The Morgan fingerprint density at radius 3 is 1.26 bits per heavy atom. The summed E-state index contributed by atoms with van der Waals surface area (Å²) in [5.41, 5.74) is 5.49. The largest absolute Gasteiger partial charge is 0.481 e. The second-order valence-corrected chi connectivity index (χ2v) is 4.43. The van der Waals surface area contributed by atoms with Crippen molar-refractivity contribution in [2.24, 2.45) is 29.4 Å². The van der Waals surface area contributed by atoms with Crippen molar-refractivity contribution in [1.82, 2.24) is 0 Å². The molecule has 1 saturated carbocycles.